The van der Waals surface area contributed by atoms with Crippen LogP contribution in [0.3, 0.4) is 0 Å². The number of carbonyl (C=O) groups is 1. The summed E-state index contributed by atoms with van der Waals surface area (Å²) in [6.45, 7) is 1.47. The summed E-state index contributed by atoms with van der Waals surface area (Å²) in [6, 6.07) is 10.8. The first-order valence-electron chi connectivity index (χ1n) is 8.25. The summed E-state index contributed by atoms with van der Waals surface area (Å²) in [5, 5.41) is 2.47. The Morgan fingerprint density at radius 2 is 2.04 bits per heavy atom. The fourth-order valence-electron chi connectivity index (χ4n) is 2.59. The second-order valence-corrected chi connectivity index (χ2v) is 7.02. The van der Waals surface area contributed by atoms with Crippen LogP contribution in [0.15, 0.2) is 53.6 Å². The normalized spacial score (nSPS) is 12.9. The number of hydrazine groups is 1. The van der Waals surface area contributed by atoms with Crippen LogP contribution >= 0.6 is 23.5 Å². The van der Waals surface area contributed by atoms with E-state index in [9.17, 15) is 4.79 Å². The highest BCUT2D eigenvalue weighted by molar-refractivity contribution is 7.98. The molecule has 0 bridgehead atoms. The quantitative estimate of drug-likeness (QED) is 0.686. The molecule has 1 amide bonds. The maximum absolute atomic E-state index is 12.5. The average Bonchev–Trinajstić information content (AvgIpc) is 3.19. The SMILES string of the molecule is COc1ccc(SNC(=O)c2ccc(CN3C=CCN3)c(OC)c2)cc1Cl. The van der Waals surface area contributed by atoms with Crippen molar-refractivity contribution in [2.75, 3.05) is 20.8 Å². The average molecular weight is 406 g/mol. The van der Waals surface area contributed by atoms with Gasteiger partial charge in [-0.25, -0.2) is 5.43 Å². The van der Waals surface area contributed by atoms with Crippen molar-refractivity contribution in [3.63, 3.8) is 0 Å². The van der Waals surface area contributed by atoms with Gasteiger partial charge < -0.3 is 14.5 Å². The van der Waals surface area contributed by atoms with Crippen LogP contribution in [0.5, 0.6) is 11.5 Å². The molecule has 0 saturated carbocycles. The van der Waals surface area contributed by atoms with Crippen molar-refractivity contribution in [2.45, 2.75) is 11.4 Å². The van der Waals surface area contributed by atoms with E-state index in [0.29, 0.717) is 28.6 Å². The van der Waals surface area contributed by atoms with Crippen LogP contribution < -0.4 is 19.6 Å². The predicted molar refractivity (Wildman–Crippen MR) is 107 cm³/mol. The molecule has 0 aromatic heterocycles. The minimum Gasteiger partial charge on any atom is -0.496 e. The lowest BCUT2D eigenvalue weighted by Crippen LogP contribution is -2.28. The summed E-state index contributed by atoms with van der Waals surface area (Å²) in [6.07, 6.45) is 4.02. The molecule has 0 aliphatic carbocycles. The van der Waals surface area contributed by atoms with Crippen LogP contribution in [0.25, 0.3) is 0 Å². The van der Waals surface area contributed by atoms with Gasteiger partial charge in [-0.3, -0.25) is 9.52 Å². The highest BCUT2D eigenvalue weighted by Gasteiger charge is 2.13. The maximum Gasteiger partial charge on any atom is 0.261 e. The number of rotatable bonds is 7. The molecule has 0 fully saturated rings. The number of carbonyl (C=O) groups excluding carboxylic acids is 1. The van der Waals surface area contributed by atoms with Crippen LogP contribution in [0.4, 0.5) is 0 Å². The molecule has 1 aliphatic rings. The fourth-order valence-corrected chi connectivity index (χ4v) is 3.55. The number of ether oxygens (including phenoxy) is 2. The van der Waals surface area contributed by atoms with E-state index in [4.69, 9.17) is 21.1 Å². The van der Waals surface area contributed by atoms with Crippen molar-refractivity contribution in [2.24, 2.45) is 0 Å². The third kappa shape index (κ3) is 4.88. The largest absolute Gasteiger partial charge is 0.496 e. The molecule has 3 rings (SSSR count). The predicted octanol–water partition coefficient (Wildman–Crippen LogP) is 3.63. The van der Waals surface area contributed by atoms with Crippen LogP contribution in [0.2, 0.25) is 5.02 Å². The van der Waals surface area contributed by atoms with Gasteiger partial charge in [0.2, 0.25) is 0 Å². The van der Waals surface area contributed by atoms with E-state index in [1.54, 1.807) is 38.5 Å². The van der Waals surface area contributed by atoms with Gasteiger partial charge in [-0.2, -0.15) is 0 Å². The molecule has 0 unspecified atom stereocenters. The second-order valence-electron chi connectivity index (χ2n) is 5.73. The maximum atomic E-state index is 12.5. The summed E-state index contributed by atoms with van der Waals surface area (Å²) in [7, 11) is 3.16. The van der Waals surface area contributed by atoms with E-state index in [1.165, 1.54) is 11.9 Å². The van der Waals surface area contributed by atoms with Gasteiger partial charge in [0.15, 0.2) is 0 Å². The number of nitrogens with zero attached hydrogens (tertiary/aromatic N) is 1. The summed E-state index contributed by atoms with van der Waals surface area (Å²) >= 11 is 7.30. The summed E-state index contributed by atoms with van der Waals surface area (Å²) in [4.78, 5) is 13.3. The Kier molecular flexibility index (Phi) is 6.49. The Labute approximate surface area is 167 Å². The zero-order chi connectivity index (χ0) is 19.2. The van der Waals surface area contributed by atoms with Gasteiger partial charge in [-0.15, -0.1) is 0 Å². The zero-order valence-electron chi connectivity index (χ0n) is 15.0. The molecule has 0 spiro atoms. The Morgan fingerprint density at radius 3 is 2.70 bits per heavy atom. The minimum atomic E-state index is -0.212. The highest BCUT2D eigenvalue weighted by atomic mass is 35.5. The van der Waals surface area contributed by atoms with E-state index in [0.717, 1.165) is 17.0 Å². The third-order valence-electron chi connectivity index (χ3n) is 3.97. The van der Waals surface area contributed by atoms with Crippen molar-refractivity contribution >= 4 is 29.5 Å². The molecule has 0 atom stereocenters. The van der Waals surface area contributed by atoms with E-state index >= 15 is 0 Å². The van der Waals surface area contributed by atoms with E-state index in [2.05, 4.69) is 10.1 Å². The van der Waals surface area contributed by atoms with Gasteiger partial charge >= 0.3 is 0 Å². The Morgan fingerprint density at radius 1 is 1.22 bits per heavy atom. The van der Waals surface area contributed by atoms with Crippen LogP contribution in [-0.2, 0) is 6.54 Å². The monoisotopic (exact) mass is 405 g/mol. The number of amides is 1. The first-order valence-corrected chi connectivity index (χ1v) is 9.44. The smallest absolute Gasteiger partial charge is 0.261 e. The van der Waals surface area contributed by atoms with Crippen LogP contribution in [0, 0.1) is 0 Å². The van der Waals surface area contributed by atoms with Gasteiger partial charge in [-0.1, -0.05) is 23.7 Å². The number of hydrogen-bond acceptors (Lipinski definition) is 6. The number of methoxy groups -OCH3 is 2. The van der Waals surface area contributed by atoms with Crippen molar-refractivity contribution in [3.8, 4) is 11.5 Å². The molecule has 8 heteroatoms. The lowest BCUT2D eigenvalue weighted by Gasteiger charge is -2.18. The Bertz CT molecular complexity index is 860. The Hall–Kier alpha value is -2.35. The molecule has 2 N–H and O–H groups in total. The van der Waals surface area contributed by atoms with E-state index in [-0.39, 0.29) is 5.91 Å². The molecule has 6 nitrogen and oxygen atoms in total. The minimum absolute atomic E-state index is 0.212. The molecule has 0 saturated heterocycles. The van der Waals surface area contributed by atoms with Gasteiger partial charge in [0.1, 0.15) is 11.5 Å². The first kappa shape index (κ1) is 19.4. The Balaban J connectivity index is 1.65. The molecular weight excluding hydrogens is 386 g/mol. The fraction of sp³-hybridized carbons (Fsp3) is 0.211. The number of benzene rings is 2. The second kappa shape index (κ2) is 9.03. The molecule has 142 valence electrons. The molecule has 27 heavy (non-hydrogen) atoms. The zero-order valence-corrected chi connectivity index (χ0v) is 16.6. The lowest BCUT2D eigenvalue weighted by atomic mass is 10.1. The van der Waals surface area contributed by atoms with Crippen molar-refractivity contribution in [1.29, 1.82) is 0 Å². The third-order valence-corrected chi connectivity index (χ3v) is 5.04. The van der Waals surface area contributed by atoms with Gasteiger partial charge in [0.05, 0.1) is 25.8 Å². The van der Waals surface area contributed by atoms with Gasteiger partial charge in [0.25, 0.3) is 5.91 Å². The first-order chi connectivity index (χ1) is 13.1. The molecule has 1 heterocycles. The van der Waals surface area contributed by atoms with Gasteiger partial charge in [-0.05, 0) is 42.3 Å². The van der Waals surface area contributed by atoms with Crippen molar-refractivity contribution in [3.05, 3.63) is 64.8 Å². The van der Waals surface area contributed by atoms with Crippen LogP contribution in [-0.4, -0.2) is 31.7 Å². The molecule has 0 radical (unpaired) electrons. The summed E-state index contributed by atoms with van der Waals surface area (Å²) in [5.74, 6) is 1.05. The topological polar surface area (TPSA) is 62.8 Å². The van der Waals surface area contributed by atoms with Crippen LogP contribution in [0.1, 0.15) is 15.9 Å². The van der Waals surface area contributed by atoms with Gasteiger partial charge in [0, 0.05) is 28.8 Å². The van der Waals surface area contributed by atoms with Crippen molar-refractivity contribution in [1.82, 2.24) is 15.2 Å². The van der Waals surface area contributed by atoms with E-state index in [1.807, 2.05) is 29.4 Å². The lowest BCUT2D eigenvalue weighted by molar-refractivity contribution is 0.0984. The highest BCUT2D eigenvalue weighted by Crippen LogP contribution is 2.29. The number of halogens is 1. The number of hydrogen-bond donors (Lipinski definition) is 2. The molecular formula is C19H20ClN3O3S. The summed E-state index contributed by atoms with van der Waals surface area (Å²) < 4.78 is 13.4. The number of nitrogens with one attached hydrogen (secondary N) is 2. The summed E-state index contributed by atoms with van der Waals surface area (Å²) in [5.41, 5.74) is 4.72. The molecule has 2 aromatic carbocycles. The standard InChI is InChI=1S/C19H20ClN3O3S/c1-25-17-7-6-15(11-16(17)20)27-22-19(24)13-4-5-14(18(10-13)26-2)12-23-9-3-8-21-23/h3-7,9-11,21H,8,12H2,1-2H3,(H,22,24). The molecule has 2 aromatic rings. The van der Waals surface area contributed by atoms with Crippen molar-refractivity contribution < 1.29 is 14.3 Å². The van der Waals surface area contributed by atoms with E-state index < -0.39 is 0 Å². The molecule has 1 aliphatic heterocycles.